The first kappa shape index (κ1) is 18.8. The van der Waals surface area contributed by atoms with E-state index in [-0.39, 0.29) is 5.75 Å². The van der Waals surface area contributed by atoms with E-state index in [1.807, 2.05) is 54.6 Å². The Morgan fingerprint density at radius 2 is 1.00 bits per heavy atom. The predicted molar refractivity (Wildman–Crippen MR) is 112 cm³/mol. The molecule has 5 heteroatoms. The quantitative estimate of drug-likeness (QED) is 0.502. The molecule has 0 saturated carbocycles. The molecule has 0 amide bonds. The van der Waals surface area contributed by atoms with Gasteiger partial charge >= 0.3 is 156 Å². The number of rotatable bonds is 7. The average Bonchev–Trinajstić information content (AvgIpc) is 2.67. The van der Waals surface area contributed by atoms with Gasteiger partial charge in [-0.25, -0.2) is 0 Å². The van der Waals surface area contributed by atoms with Gasteiger partial charge in [-0.05, 0) is 0 Å². The molecule has 3 aromatic carbocycles. The second-order valence-electron chi connectivity index (χ2n) is 6.39. The van der Waals surface area contributed by atoms with E-state index >= 15 is 0 Å². The van der Waals surface area contributed by atoms with Crippen molar-refractivity contribution in [2.45, 2.75) is 6.42 Å². The van der Waals surface area contributed by atoms with Crippen LogP contribution in [-0.2, 0) is 10.1 Å². The Kier molecular flexibility index (Phi) is 5.87. The van der Waals surface area contributed by atoms with Gasteiger partial charge in [0.2, 0.25) is 0 Å². The third-order valence-corrected chi connectivity index (χ3v) is 10.6. The van der Waals surface area contributed by atoms with Crippen molar-refractivity contribution in [3.8, 4) is 0 Å². The van der Waals surface area contributed by atoms with Gasteiger partial charge in [0.25, 0.3) is 0 Å². The van der Waals surface area contributed by atoms with Crippen LogP contribution in [0.5, 0.6) is 0 Å². The van der Waals surface area contributed by atoms with Gasteiger partial charge in [-0.15, -0.1) is 0 Å². The summed E-state index contributed by atoms with van der Waals surface area (Å²) in [6.45, 7) is 0. The third-order valence-electron chi connectivity index (χ3n) is 4.75. The van der Waals surface area contributed by atoms with Crippen molar-refractivity contribution in [1.29, 1.82) is 0 Å². The maximum absolute atomic E-state index is 11.3. The van der Waals surface area contributed by atoms with Crippen LogP contribution in [0.1, 0.15) is 6.42 Å². The molecule has 0 aliphatic heterocycles. The second-order valence-corrected chi connectivity index (χ2v) is 12.0. The van der Waals surface area contributed by atoms with Gasteiger partial charge in [-0.2, -0.15) is 0 Å². The first-order chi connectivity index (χ1) is 12.5. The number of hydrogen-bond donors (Lipinski definition) is 1. The van der Waals surface area contributed by atoms with Crippen LogP contribution in [-0.4, -0.2) is 24.9 Å². The molecular formula is C21H23O3PS. The van der Waals surface area contributed by atoms with Crippen LogP contribution in [0.4, 0.5) is 0 Å². The van der Waals surface area contributed by atoms with Crippen molar-refractivity contribution < 1.29 is 13.0 Å². The Morgan fingerprint density at radius 1 is 0.654 bits per heavy atom. The Hall–Kier alpha value is -2.00. The van der Waals surface area contributed by atoms with Crippen LogP contribution < -0.4 is 15.9 Å². The van der Waals surface area contributed by atoms with Crippen molar-refractivity contribution in [3.05, 3.63) is 91.0 Å². The van der Waals surface area contributed by atoms with Crippen LogP contribution in [0, 0.1) is 0 Å². The molecule has 136 valence electrons. The summed E-state index contributed by atoms with van der Waals surface area (Å²) in [7, 11) is -6.37. The van der Waals surface area contributed by atoms with Gasteiger partial charge in [0.15, 0.2) is 0 Å². The standard InChI is InChI=1S/C21H23O3PS/c22-26(23,24)18-10-17-25(19-11-4-1-5-12-19,20-13-6-2-7-14-20)21-15-8-3-9-16-21/h1-9,11-16,25H,10,17-18H2,(H,22,23,24). The molecule has 26 heavy (non-hydrogen) atoms. The molecule has 0 radical (unpaired) electrons. The summed E-state index contributed by atoms with van der Waals surface area (Å²) in [4.78, 5) is 0. The Bertz CT molecular complexity index is 830. The molecule has 0 unspecified atom stereocenters. The van der Waals surface area contributed by atoms with Crippen molar-refractivity contribution in [1.82, 2.24) is 0 Å². The van der Waals surface area contributed by atoms with Crippen LogP contribution in [0.2, 0.25) is 0 Å². The van der Waals surface area contributed by atoms with Crippen molar-refractivity contribution in [2.24, 2.45) is 0 Å². The molecule has 0 aromatic heterocycles. The minimum absolute atomic E-state index is 0.214. The normalized spacial score (nSPS) is 12.7. The maximum atomic E-state index is 11.3. The average molecular weight is 386 g/mol. The first-order valence-electron chi connectivity index (χ1n) is 8.64. The second kappa shape index (κ2) is 8.13. The molecule has 0 heterocycles. The van der Waals surface area contributed by atoms with E-state index in [0.717, 1.165) is 0 Å². The monoisotopic (exact) mass is 386 g/mol. The van der Waals surface area contributed by atoms with Crippen LogP contribution in [0.3, 0.4) is 0 Å². The fraction of sp³-hybridized carbons (Fsp3) is 0.143. The molecule has 3 rings (SSSR count). The van der Waals surface area contributed by atoms with E-state index in [0.29, 0.717) is 12.6 Å². The molecule has 0 saturated heterocycles. The third kappa shape index (κ3) is 4.21. The van der Waals surface area contributed by atoms with Gasteiger partial charge in [-0.3, -0.25) is 0 Å². The molecule has 1 N–H and O–H groups in total. The minimum atomic E-state index is -3.97. The van der Waals surface area contributed by atoms with Crippen molar-refractivity contribution >= 4 is 33.3 Å². The summed E-state index contributed by atoms with van der Waals surface area (Å²) in [5, 5.41) is 3.73. The van der Waals surface area contributed by atoms with E-state index in [1.165, 1.54) is 15.9 Å². The van der Waals surface area contributed by atoms with E-state index < -0.39 is 17.4 Å². The summed E-state index contributed by atoms with van der Waals surface area (Å²) in [6, 6.07) is 31.0. The fourth-order valence-corrected chi connectivity index (χ4v) is 9.24. The molecule has 0 aliphatic carbocycles. The molecule has 0 bridgehead atoms. The van der Waals surface area contributed by atoms with Gasteiger partial charge in [0, 0.05) is 0 Å². The number of benzene rings is 3. The van der Waals surface area contributed by atoms with Gasteiger partial charge in [0.05, 0.1) is 0 Å². The summed E-state index contributed by atoms with van der Waals surface area (Å²) < 4.78 is 31.8. The summed E-state index contributed by atoms with van der Waals surface area (Å²) in [6.07, 6.45) is 1.13. The molecule has 0 fully saturated rings. The Labute approximate surface area is 155 Å². The summed E-state index contributed by atoms with van der Waals surface area (Å²) in [5.74, 6) is -0.214. The van der Waals surface area contributed by atoms with Crippen LogP contribution in [0.25, 0.3) is 0 Å². The Balaban J connectivity index is 2.18. The van der Waals surface area contributed by atoms with Crippen LogP contribution in [0.15, 0.2) is 91.0 Å². The fourth-order valence-electron chi connectivity index (χ4n) is 3.62. The molecule has 0 atom stereocenters. The van der Waals surface area contributed by atoms with E-state index in [9.17, 15) is 13.0 Å². The van der Waals surface area contributed by atoms with Gasteiger partial charge < -0.3 is 0 Å². The van der Waals surface area contributed by atoms with Crippen molar-refractivity contribution in [3.63, 3.8) is 0 Å². The van der Waals surface area contributed by atoms with Gasteiger partial charge in [-0.1, -0.05) is 0 Å². The first-order valence-corrected chi connectivity index (χ1v) is 12.5. The number of hydrogen-bond acceptors (Lipinski definition) is 2. The van der Waals surface area contributed by atoms with Gasteiger partial charge in [0.1, 0.15) is 0 Å². The molecule has 3 nitrogen and oxygen atoms in total. The predicted octanol–water partition coefficient (Wildman–Crippen LogP) is 2.99. The summed E-state index contributed by atoms with van der Waals surface area (Å²) in [5.41, 5.74) is 0. The Morgan fingerprint density at radius 3 is 1.31 bits per heavy atom. The van der Waals surface area contributed by atoms with E-state index in [2.05, 4.69) is 36.4 Å². The molecule has 0 aliphatic rings. The topological polar surface area (TPSA) is 54.4 Å². The van der Waals surface area contributed by atoms with E-state index in [4.69, 9.17) is 0 Å². The molecule has 3 aromatic rings. The van der Waals surface area contributed by atoms with E-state index in [1.54, 1.807) is 0 Å². The molecular weight excluding hydrogens is 363 g/mol. The van der Waals surface area contributed by atoms with Crippen molar-refractivity contribution in [2.75, 3.05) is 11.9 Å². The summed E-state index contributed by atoms with van der Waals surface area (Å²) >= 11 is 0. The SMILES string of the molecule is O=S(=O)(O)CCC[PH](c1ccccc1)(c1ccccc1)c1ccccc1. The zero-order chi connectivity index (χ0) is 18.5. The molecule has 0 spiro atoms. The zero-order valence-corrected chi connectivity index (χ0v) is 16.3. The zero-order valence-electron chi connectivity index (χ0n) is 14.5. The van der Waals surface area contributed by atoms with Crippen LogP contribution >= 0.6 is 7.26 Å².